The molecule has 2 amide bonds. The highest BCUT2D eigenvalue weighted by molar-refractivity contribution is 7.12. The van der Waals surface area contributed by atoms with Gasteiger partial charge in [-0.3, -0.25) is 9.59 Å². The van der Waals surface area contributed by atoms with Crippen LogP contribution in [0, 0.1) is 0 Å². The largest absolute Gasteiger partial charge is 0.347 e. The summed E-state index contributed by atoms with van der Waals surface area (Å²) >= 11 is 1.43. The molecule has 0 radical (unpaired) electrons. The first-order chi connectivity index (χ1) is 11.7. The van der Waals surface area contributed by atoms with E-state index in [1.165, 1.54) is 11.3 Å². The van der Waals surface area contributed by atoms with Gasteiger partial charge in [0, 0.05) is 32.5 Å². The number of hydrogen-bond donors (Lipinski definition) is 0. The Morgan fingerprint density at radius 2 is 1.92 bits per heavy atom. The first-order valence-corrected chi connectivity index (χ1v) is 9.48. The lowest BCUT2D eigenvalue weighted by atomic mass is 10.0. The van der Waals surface area contributed by atoms with Gasteiger partial charge in [-0.15, -0.1) is 11.3 Å². The standard InChI is InChI=1S/C17H22N2O4S/c20-15(18-8-5-17(6-9-18)22-10-11-23-17)13-3-1-7-19(13)16(21)14-4-2-12-24-14/h2,4,12-13H,1,3,5-11H2/t13-/m0/s1. The van der Waals surface area contributed by atoms with Crippen LogP contribution < -0.4 is 0 Å². The van der Waals surface area contributed by atoms with Crippen LogP contribution in [-0.2, 0) is 14.3 Å². The van der Waals surface area contributed by atoms with E-state index in [-0.39, 0.29) is 17.9 Å². The minimum Gasteiger partial charge on any atom is -0.347 e. The summed E-state index contributed by atoms with van der Waals surface area (Å²) in [4.78, 5) is 29.9. The molecule has 0 saturated carbocycles. The fourth-order valence-electron chi connectivity index (χ4n) is 3.87. The number of rotatable bonds is 2. The number of piperidine rings is 1. The minimum atomic E-state index is -0.473. The molecule has 0 aliphatic carbocycles. The average Bonchev–Trinajstić information content (AvgIpc) is 3.36. The van der Waals surface area contributed by atoms with Crippen LogP contribution in [0.2, 0.25) is 0 Å². The van der Waals surface area contributed by atoms with Gasteiger partial charge in [-0.25, -0.2) is 0 Å². The molecule has 3 saturated heterocycles. The Bertz CT molecular complexity index is 602. The predicted molar refractivity (Wildman–Crippen MR) is 88.8 cm³/mol. The number of hydrogen-bond acceptors (Lipinski definition) is 5. The van der Waals surface area contributed by atoms with Gasteiger partial charge in [-0.2, -0.15) is 0 Å². The molecule has 3 aliphatic heterocycles. The molecule has 4 heterocycles. The van der Waals surface area contributed by atoms with Gasteiger partial charge in [0.25, 0.3) is 5.91 Å². The van der Waals surface area contributed by atoms with Gasteiger partial charge >= 0.3 is 0 Å². The van der Waals surface area contributed by atoms with Crippen LogP contribution in [0.4, 0.5) is 0 Å². The van der Waals surface area contributed by atoms with Gasteiger partial charge in [-0.05, 0) is 24.3 Å². The van der Waals surface area contributed by atoms with E-state index in [0.717, 1.165) is 12.8 Å². The lowest BCUT2D eigenvalue weighted by molar-refractivity contribution is -0.188. The quantitative estimate of drug-likeness (QED) is 0.815. The number of ether oxygens (including phenoxy) is 2. The Morgan fingerprint density at radius 1 is 1.17 bits per heavy atom. The maximum atomic E-state index is 12.9. The number of carbonyl (C=O) groups is 2. The lowest BCUT2D eigenvalue weighted by Crippen LogP contribution is -2.53. The van der Waals surface area contributed by atoms with E-state index in [2.05, 4.69) is 0 Å². The van der Waals surface area contributed by atoms with Crippen molar-refractivity contribution >= 4 is 23.2 Å². The van der Waals surface area contributed by atoms with Gasteiger partial charge in [0.1, 0.15) is 6.04 Å². The van der Waals surface area contributed by atoms with Crippen molar-refractivity contribution in [3.63, 3.8) is 0 Å². The van der Waals surface area contributed by atoms with Gasteiger partial charge < -0.3 is 19.3 Å². The molecule has 24 heavy (non-hydrogen) atoms. The van der Waals surface area contributed by atoms with Crippen molar-refractivity contribution in [2.24, 2.45) is 0 Å². The SMILES string of the molecule is O=C([C@@H]1CCCN1C(=O)c1cccs1)N1CCC2(CC1)OCCO2. The number of nitrogens with zero attached hydrogens (tertiary/aromatic N) is 2. The summed E-state index contributed by atoms with van der Waals surface area (Å²) in [6, 6.07) is 3.38. The Labute approximate surface area is 145 Å². The van der Waals surface area contributed by atoms with Crippen LogP contribution in [0.5, 0.6) is 0 Å². The molecular formula is C17H22N2O4S. The Hall–Kier alpha value is -1.44. The summed E-state index contributed by atoms with van der Waals surface area (Å²) in [5, 5.41) is 1.89. The van der Waals surface area contributed by atoms with Gasteiger partial charge in [0.15, 0.2) is 5.79 Å². The smallest absolute Gasteiger partial charge is 0.264 e. The third-order valence-corrected chi connectivity index (χ3v) is 6.04. The van der Waals surface area contributed by atoms with E-state index in [9.17, 15) is 9.59 Å². The number of thiophene rings is 1. The first-order valence-electron chi connectivity index (χ1n) is 8.60. The van der Waals surface area contributed by atoms with Crippen molar-refractivity contribution in [3.05, 3.63) is 22.4 Å². The van der Waals surface area contributed by atoms with Crippen molar-refractivity contribution in [2.45, 2.75) is 37.5 Å². The number of amides is 2. The summed E-state index contributed by atoms with van der Waals surface area (Å²) in [6.07, 6.45) is 3.07. The summed E-state index contributed by atoms with van der Waals surface area (Å²) < 4.78 is 11.4. The molecule has 1 aromatic heterocycles. The van der Waals surface area contributed by atoms with Crippen molar-refractivity contribution in [2.75, 3.05) is 32.8 Å². The highest BCUT2D eigenvalue weighted by atomic mass is 32.1. The van der Waals surface area contributed by atoms with Crippen LogP contribution in [0.15, 0.2) is 17.5 Å². The van der Waals surface area contributed by atoms with E-state index < -0.39 is 5.79 Å². The molecule has 7 heteroatoms. The second kappa shape index (κ2) is 6.46. The summed E-state index contributed by atoms with van der Waals surface area (Å²) in [5.74, 6) is -0.416. The van der Waals surface area contributed by atoms with Crippen LogP contribution in [-0.4, -0.2) is 66.3 Å². The third-order valence-electron chi connectivity index (χ3n) is 5.18. The average molecular weight is 350 g/mol. The monoisotopic (exact) mass is 350 g/mol. The molecule has 0 unspecified atom stereocenters. The molecule has 3 fully saturated rings. The van der Waals surface area contributed by atoms with Crippen molar-refractivity contribution in [1.82, 2.24) is 9.80 Å². The second-order valence-electron chi connectivity index (χ2n) is 6.57. The second-order valence-corrected chi connectivity index (χ2v) is 7.51. The molecule has 0 aromatic carbocycles. The summed E-state index contributed by atoms with van der Waals surface area (Å²) in [5.41, 5.74) is 0. The van der Waals surface area contributed by atoms with E-state index in [1.807, 2.05) is 22.4 Å². The first kappa shape index (κ1) is 16.1. The molecule has 4 rings (SSSR count). The maximum Gasteiger partial charge on any atom is 0.264 e. The fraction of sp³-hybridized carbons (Fsp3) is 0.647. The number of carbonyl (C=O) groups excluding carboxylic acids is 2. The molecule has 1 spiro atoms. The zero-order chi connectivity index (χ0) is 16.6. The Morgan fingerprint density at radius 3 is 2.58 bits per heavy atom. The van der Waals surface area contributed by atoms with E-state index in [1.54, 1.807) is 4.90 Å². The highest BCUT2D eigenvalue weighted by Gasteiger charge is 2.43. The predicted octanol–water partition coefficient (Wildman–Crippen LogP) is 1.72. The Kier molecular flexibility index (Phi) is 4.32. The van der Waals surface area contributed by atoms with Crippen LogP contribution in [0.1, 0.15) is 35.4 Å². The fourth-order valence-corrected chi connectivity index (χ4v) is 4.55. The zero-order valence-electron chi connectivity index (χ0n) is 13.6. The van der Waals surface area contributed by atoms with Gasteiger partial charge in [0.05, 0.1) is 18.1 Å². The van der Waals surface area contributed by atoms with Crippen molar-refractivity contribution in [1.29, 1.82) is 0 Å². The normalized spacial score (nSPS) is 26.2. The molecule has 3 aliphatic rings. The van der Waals surface area contributed by atoms with Crippen LogP contribution in [0.3, 0.4) is 0 Å². The maximum absolute atomic E-state index is 12.9. The zero-order valence-corrected chi connectivity index (χ0v) is 14.4. The topological polar surface area (TPSA) is 59.1 Å². The Balaban J connectivity index is 1.41. The van der Waals surface area contributed by atoms with Crippen molar-refractivity contribution in [3.8, 4) is 0 Å². The lowest BCUT2D eigenvalue weighted by Gasteiger charge is -2.39. The van der Waals surface area contributed by atoms with Crippen molar-refractivity contribution < 1.29 is 19.1 Å². The molecule has 0 N–H and O–H groups in total. The third kappa shape index (κ3) is 2.85. The van der Waals surface area contributed by atoms with E-state index in [0.29, 0.717) is 50.6 Å². The minimum absolute atomic E-state index is 0.0169. The van der Waals surface area contributed by atoms with Gasteiger partial charge in [-0.1, -0.05) is 6.07 Å². The molecule has 1 aromatic rings. The molecule has 6 nitrogen and oxygen atoms in total. The van der Waals surface area contributed by atoms with E-state index in [4.69, 9.17) is 9.47 Å². The summed E-state index contributed by atoms with van der Waals surface area (Å²) in [6.45, 7) is 3.21. The molecule has 0 bridgehead atoms. The molecular weight excluding hydrogens is 328 g/mol. The molecule has 130 valence electrons. The molecule has 1 atom stereocenters. The van der Waals surface area contributed by atoms with Gasteiger partial charge in [0.2, 0.25) is 5.91 Å². The van der Waals surface area contributed by atoms with Crippen LogP contribution >= 0.6 is 11.3 Å². The van der Waals surface area contributed by atoms with E-state index >= 15 is 0 Å². The number of likely N-dealkylation sites (tertiary alicyclic amines) is 2. The van der Waals surface area contributed by atoms with Crippen LogP contribution in [0.25, 0.3) is 0 Å². The highest BCUT2D eigenvalue weighted by Crippen LogP contribution is 2.32. The summed E-state index contributed by atoms with van der Waals surface area (Å²) in [7, 11) is 0.